The fourth-order valence-corrected chi connectivity index (χ4v) is 3.93. The lowest BCUT2D eigenvalue weighted by atomic mass is 10.2. The molecular weight excluding hydrogens is 470 g/mol. The molecule has 0 aromatic heterocycles. The smallest absolute Gasteiger partial charge is 0.269 e. The van der Waals surface area contributed by atoms with Crippen LogP contribution in [0.5, 0.6) is 0 Å². The van der Waals surface area contributed by atoms with E-state index in [0.29, 0.717) is 18.8 Å². The summed E-state index contributed by atoms with van der Waals surface area (Å²) in [6, 6.07) is 21.5. The third-order valence-electron chi connectivity index (χ3n) is 4.02. The molecule has 0 N–H and O–H groups in total. The number of ether oxygens (including phenoxy) is 2. The Morgan fingerprint density at radius 2 is 1.67 bits per heavy atom. The standard InChI is InChI=1S/C13H9NO3S.C9H9BrO2/c15-9-10-2-1-3-13(8-10)18-12-6-4-11(5-7-12)14(16)17;10-8-3-1-2-7(6-8)9-11-4-5-12-9/h1-9H;1-3,6,9H,4-5H2. The van der Waals surface area contributed by atoms with Crippen molar-refractivity contribution in [1.82, 2.24) is 0 Å². The van der Waals surface area contributed by atoms with Crippen molar-refractivity contribution in [3.05, 3.63) is 98.5 Å². The zero-order valence-corrected chi connectivity index (χ0v) is 18.2. The first kappa shape index (κ1) is 22.2. The van der Waals surface area contributed by atoms with Gasteiger partial charge >= 0.3 is 0 Å². The van der Waals surface area contributed by atoms with Crippen molar-refractivity contribution in [1.29, 1.82) is 0 Å². The average molecular weight is 488 g/mol. The molecule has 0 spiro atoms. The first-order chi connectivity index (χ1) is 14.5. The van der Waals surface area contributed by atoms with Gasteiger partial charge < -0.3 is 9.47 Å². The van der Waals surface area contributed by atoms with E-state index in [1.165, 1.54) is 23.9 Å². The van der Waals surface area contributed by atoms with E-state index >= 15 is 0 Å². The molecule has 0 amide bonds. The minimum absolute atomic E-state index is 0.0704. The molecular formula is C22H18BrNO5S. The molecule has 8 heteroatoms. The number of nitro groups is 1. The van der Waals surface area contributed by atoms with E-state index in [4.69, 9.17) is 9.47 Å². The minimum atomic E-state index is -0.429. The summed E-state index contributed by atoms with van der Waals surface area (Å²) in [6.45, 7) is 1.38. The molecule has 1 aliphatic rings. The van der Waals surface area contributed by atoms with E-state index in [1.54, 1.807) is 30.3 Å². The molecule has 6 nitrogen and oxygen atoms in total. The van der Waals surface area contributed by atoms with Gasteiger partial charge in [-0.2, -0.15) is 0 Å². The molecule has 154 valence electrons. The Hall–Kier alpha value is -2.52. The summed E-state index contributed by atoms with van der Waals surface area (Å²) in [6.07, 6.45) is 0.627. The number of hydrogen-bond acceptors (Lipinski definition) is 6. The van der Waals surface area contributed by atoms with Gasteiger partial charge in [-0.1, -0.05) is 52.0 Å². The van der Waals surface area contributed by atoms with Crippen molar-refractivity contribution < 1.29 is 19.2 Å². The van der Waals surface area contributed by atoms with E-state index in [0.717, 1.165) is 26.1 Å². The second-order valence-corrected chi connectivity index (χ2v) is 8.23. The van der Waals surface area contributed by atoms with Gasteiger partial charge in [0, 0.05) is 37.5 Å². The average Bonchev–Trinajstić information content (AvgIpc) is 3.30. The van der Waals surface area contributed by atoms with Crippen molar-refractivity contribution >= 4 is 39.7 Å². The Labute approximate surface area is 186 Å². The van der Waals surface area contributed by atoms with Gasteiger partial charge in [0.25, 0.3) is 5.69 Å². The quantitative estimate of drug-likeness (QED) is 0.247. The Balaban J connectivity index is 0.000000184. The van der Waals surface area contributed by atoms with E-state index in [9.17, 15) is 14.9 Å². The maximum atomic E-state index is 10.6. The van der Waals surface area contributed by atoms with Gasteiger partial charge in [-0.3, -0.25) is 14.9 Å². The fraction of sp³-hybridized carbons (Fsp3) is 0.136. The van der Waals surface area contributed by atoms with E-state index in [2.05, 4.69) is 15.9 Å². The van der Waals surface area contributed by atoms with E-state index < -0.39 is 4.92 Å². The van der Waals surface area contributed by atoms with Crippen molar-refractivity contribution in [2.75, 3.05) is 13.2 Å². The topological polar surface area (TPSA) is 78.7 Å². The van der Waals surface area contributed by atoms with Crippen LogP contribution >= 0.6 is 27.7 Å². The SMILES string of the molecule is Brc1cccc(C2OCCO2)c1.O=Cc1cccc(Sc2ccc([N+](=O)[O-])cc2)c1. The molecule has 3 aromatic carbocycles. The van der Waals surface area contributed by atoms with Gasteiger partial charge in [0.15, 0.2) is 6.29 Å². The van der Waals surface area contributed by atoms with Crippen LogP contribution in [-0.4, -0.2) is 24.4 Å². The van der Waals surface area contributed by atoms with E-state index in [1.807, 2.05) is 30.3 Å². The number of rotatable bonds is 5. The van der Waals surface area contributed by atoms with Crippen molar-refractivity contribution in [2.24, 2.45) is 0 Å². The third kappa shape index (κ3) is 6.50. The molecule has 0 aliphatic carbocycles. The molecule has 1 fully saturated rings. The van der Waals surface area contributed by atoms with Crippen LogP contribution in [-0.2, 0) is 9.47 Å². The molecule has 1 saturated heterocycles. The van der Waals surface area contributed by atoms with Crippen LogP contribution in [0.3, 0.4) is 0 Å². The van der Waals surface area contributed by atoms with Crippen LogP contribution < -0.4 is 0 Å². The molecule has 3 aromatic rings. The normalized spacial score (nSPS) is 13.4. The van der Waals surface area contributed by atoms with Crippen LogP contribution in [0.15, 0.2) is 87.1 Å². The molecule has 0 atom stereocenters. The van der Waals surface area contributed by atoms with Crippen molar-refractivity contribution in [2.45, 2.75) is 16.1 Å². The Morgan fingerprint density at radius 3 is 2.30 bits per heavy atom. The second-order valence-electron chi connectivity index (χ2n) is 6.17. The first-order valence-corrected chi connectivity index (χ1v) is 10.6. The lowest BCUT2D eigenvalue weighted by Crippen LogP contribution is -1.96. The number of carbonyl (C=O) groups is 1. The maximum Gasteiger partial charge on any atom is 0.269 e. The van der Waals surface area contributed by atoms with E-state index in [-0.39, 0.29) is 12.0 Å². The number of benzene rings is 3. The first-order valence-electron chi connectivity index (χ1n) is 9.01. The Kier molecular flexibility index (Phi) is 8.15. The van der Waals surface area contributed by atoms with Crippen LogP contribution in [0.4, 0.5) is 5.69 Å². The zero-order chi connectivity index (χ0) is 21.3. The summed E-state index contributed by atoms with van der Waals surface area (Å²) < 4.78 is 11.8. The molecule has 1 aliphatic heterocycles. The largest absolute Gasteiger partial charge is 0.346 e. The number of nitro benzene ring substituents is 1. The lowest BCUT2D eigenvalue weighted by Gasteiger charge is -2.08. The molecule has 0 radical (unpaired) electrons. The highest BCUT2D eigenvalue weighted by Gasteiger charge is 2.17. The van der Waals surface area contributed by atoms with Gasteiger partial charge in [-0.25, -0.2) is 0 Å². The Bertz CT molecular complexity index is 1010. The lowest BCUT2D eigenvalue weighted by molar-refractivity contribution is -0.384. The number of carbonyl (C=O) groups excluding carboxylic acids is 1. The Morgan fingerprint density at radius 1 is 0.967 bits per heavy atom. The van der Waals surface area contributed by atoms with Crippen LogP contribution in [0.1, 0.15) is 22.2 Å². The molecule has 0 saturated carbocycles. The van der Waals surface area contributed by atoms with Crippen LogP contribution in [0, 0.1) is 10.1 Å². The summed E-state index contributed by atoms with van der Waals surface area (Å²) in [5.74, 6) is 0. The number of hydrogen-bond donors (Lipinski definition) is 0. The van der Waals surface area contributed by atoms with Crippen LogP contribution in [0.25, 0.3) is 0 Å². The molecule has 0 bridgehead atoms. The highest BCUT2D eigenvalue weighted by Crippen LogP contribution is 2.29. The van der Waals surface area contributed by atoms with Gasteiger partial charge in [0.05, 0.1) is 18.1 Å². The summed E-state index contributed by atoms with van der Waals surface area (Å²) in [4.78, 5) is 22.5. The minimum Gasteiger partial charge on any atom is -0.346 e. The zero-order valence-electron chi connectivity index (χ0n) is 15.8. The number of non-ortho nitro benzene ring substituents is 1. The number of halogens is 1. The number of aldehydes is 1. The molecule has 30 heavy (non-hydrogen) atoms. The highest BCUT2D eigenvalue weighted by atomic mass is 79.9. The van der Waals surface area contributed by atoms with Gasteiger partial charge in [-0.05, 0) is 36.4 Å². The van der Waals surface area contributed by atoms with Gasteiger partial charge in [0.2, 0.25) is 0 Å². The van der Waals surface area contributed by atoms with Gasteiger partial charge in [0.1, 0.15) is 6.29 Å². The summed E-state index contributed by atoms with van der Waals surface area (Å²) in [7, 11) is 0. The predicted octanol–water partition coefficient (Wildman–Crippen LogP) is 6.05. The second kappa shape index (κ2) is 11.0. The third-order valence-corrected chi connectivity index (χ3v) is 5.51. The predicted molar refractivity (Wildman–Crippen MR) is 118 cm³/mol. The molecule has 1 heterocycles. The summed E-state index contributed by atoms with van der Waals surface area (Å²) in [5.41, 5.74) is 1.75. The maximum absolute atomic E-state index is 10.6. The summed E-state index contributed by atoms with van der Waals surface area (Å²) in [5, 5.41) is 10.5. The van der Waals surface area contributed by atoms with Crippen LogP contribution in [0.2, 0.25) is 0 Å². The fourth-order valence-electron chi connectivity index (χ4n) is 2.63. The molecule has 4 rings (SSSR count). The van der Waals surface area contributed by atoms with Gasteiger partial charge in [-0.15, -0.1) is 0 Å². The van der Waals surface area contributed by atoms with Crippen molar-refractivity contribution in [3.8, 4) is 0 Å². The number of nitrogens with zero attached hydrogens (tertiary/aromatic N) is 1. The molecule has 0 unspecified atom stereocenters. The highest BCUT2D eigenvalue weighted by molar-refractivity contribution is 9.10. The summed E-state index contributed by atoms with van der Waals surface area (Å²) >= 11 is 4.85. The van der Waals surface area contributed by atoms with Crippen molar-refractivity contribution in [3.63, 3.8) is 0 Å². The monoisotopic (exact) mass is 487 g/mol.